The molecule has 7 nitrogen and oxygen atoms in total. The SMILES string of the molecule is COc1cc(-c2cncn2C)cc(Cl)c1-c1cccn2c(C(=O)c3cc(F)c(NC(=O)/C=C/CCl)c(F)c3)ccc12. The summed E-state index contributed by atoms with van der Waals surface area (Å²) < 4.78 is 38.8. The zero-order valence-corrected chi connectivity index (χ0v) is 23.3. The van der Waals surface area contributed by atoms with Crippen molar-refractivity contribution in [1.82, 2.24) is 14.0 Å². The number of nitrogens with zero attached hydrogens (tertiary/aromatic N) is 3. The molecule has 0 aliphatic heterocycles. The molecule has 0 saturated carbocycles. The van der Waals surface area contributed by atoms with Crippen molar-refractivity contribution in [2.75, 3.05) is 18.3 Å². The molecule has 0 aliphatic carbocycles. The van der Waals surface area contributed by atoms with E-state index >= 15 is 0 Å². The van der Waals surface area contributed by atoms with Gasteiger partial charge in [-0.3, -0.25) is 9.59 Å². The Kier molecular flexibility index (Phi) is 7.92. The maximum absolute atomic E-state index is 14.8. The lowest BCUT2D eigenvalue weighted by molar-refractivity contribution is -0.112. The van der Waals surface area contributed by atoms with E-state index < -0.39 is 29.0 Å². The first-order chi connectivity index (χ1) is 19.7. The van der Waals surface area contributed by atoms with Crippen LogP contribution in [0.25, 0.3) is 27.9 Å². The standard InChI is InChI=1S/C30H22Cl2F2N4O3/c1-37-16-35-15-25(37)17-11-20(32)28(26(14-17)41-2)19-5-4-10-38-23(19)7-8-24(38)30(40)18-12-21(33)29(22(34)13-18)36-27(39)6-3-9-31/h3-8,10-16H,9H2,1-2H3,(H,36,39)/b6-3+. The number of pyridine rings is 1. The molecular formula is C30H22Cl2F2N4O3. The van der Waals surface area contributed by atoms with Crippen molar-refractivity contribution >= 4 is 46.1 Å². The monoisotopic (exact) mass is 594 g/mol. The number of aryl methyl sites for hydroxylation is 1. The van der Waals surface area contributed by atoms with Crippen molar-refractivity contribution < 1.29 is 23.1 Å². The molecule has 5 rings (SSSR count). The van der Waals surface area contributed by atoms with E-state index in [-0.39, 0.29) is 17.1 Å². The highest BCUT2D eigenvalue weighted by Crippen LogP contribution is 2.42. The summed E-state index contributed by atoms with van der Waals surface area (Å²) in [6, 6.07) is 12.3. The summed E-state index contributed by atoms with van der Waals surface area (Å²) in [6.07, 6.45) is 7.46. The average Bonchev–Trinajstić information content (AvgIpc) is 3.59. The van der Waals surface area contributed by atoms with Gasteiger partial charge in [0, 0.05) is 47.5 Å². The Morgan fingerprint density at radius 2 is 1.88 bits per heavy atom. The van der Waals surface area contributed by atoms with Crippen LogP contribution in [0.1, 0.15) is 16.1 Å². The highest BCUT2D eigenvalue weighted by molar-refractivity contribution is 6.34. The van der Waals surface area contributed by atoms with E-state index in [2.05, 4.69) is 10.3 Å². The lowest BCUT2D eigenvalue weighted by Crippen LogP contribution is -2.13. The molecule has 0 radical (unpaired) electrons. The van der Waals surface area contributed by atoms with Crippen LogP contribution in [0.3, 0.4) is 0 Å². The van der Waals surface area contributed by atoms with E-state index in [1.165, 1.54) is 6.08 Å². The number of rotatable bonds is 8. The molecule has 0 fully saturated rings. The lowest BCUT2D eigenvalue weighted by Gasteiger charge is -2.15. The number of anilines is 1. The van der Waals surface area contributed by atoms with Gasteiger partial charge < -0.3 is 19.0 Å². The number of nitrogens with one attached hydrogen (secondary N) is 1. The first-order valence-electron chi connectivity index (χ1n) is 12.3. The zero-order valence-electron chi connectivity index (χ0n) is 21.8. The van der Waals surface area contributed by atoms with Crippen LogP contribution < -0.4 is 10.1 Å². The van der Waals surface area contributed by atoms with Crippen molar-refractivity contribution in [2.24, 2.45) is 7.05 Å². The number of carbonyl (C=O) groups is 2. The van der Waals surface area contributed by atoms with Gasteiger partial charge in [-0.15, -0.1) is 11.6 Å². The van der Waals surface area contributed by atoms with Crippen LogP contribution in [-0.2, 0) is 11.8 Å². The van der Waals surface area contributed by atoms with Crippen molar-refractivity contribution in [3.63, 3.8) is 0 Å². The molecule has 0 atom stereocenters. The van der Waals surface area contributed by atoms with Crippen molar-refractivity contribution in [3.05, 3.63) is 107 Å². The molecule has 0 unspecified atom stereocenters. The van der Waals surface area contributed by atoms with E-state index in [1.807, 2.05) is 29.8 Å². The molecule has 3 heterocycles. The Labute approximate surface area is 243 Å². The smallest absolute Gasteiger partial charge is 0.248 e. The Bertz CT molecular complexity index is 1820. The molecule has 41 heavy (non-hydrogen) atoms. The van der Waals surface area contributed by atoms with Gasteiger partial charge in [0.25, 0.3) is 0 Å². The second-order valence-electron chi connectivity index (χ2n) is 9.01. The lowest BCUT2D eigenvalue weighted by atomic mass is 10.0. The fourth-order valence-corrected chi connectivity index (χ4v) is 5.01. The van der Waals surface area contributed by atoms with Crippen molar-refractivity contribution in [3.8, 4) is 28.1 Å². The van der Waals surface area contributed by atoms with Gasteiger partial charge in [-0.05, 0) is 42.5 Å². The number of carbonyl (C=O) groups excluding carboxylic acids is 2. The number of ether oxygens (including phenoxy) is 1. The molecule has 5 aromatic rings. The van der Waals surface area contributed by atoms with Crippen LogP contribution in [0.15, 0.2) is 79.4 Å². The Morgan fingerprint density at radius 1 is 1.12 bits per heavy atom. The average molecular weight is 595 g/mol. The minimum absolute atomic E-state index is 0.0639. The molecule has 1 N–H and O–H groups in total. The zero-order chi connectivity index (χ0) is 29.3. The first kappa shape index (κ1) is 28.1. The van der Waals surface area contributed by atoms with Gasteiger partial charge >= 0.3 is 0 Å². The summed E-state index contributed by atoms with van der Waals surface area (Å²) in [7, 11) is 3.41. The number of benzene rings is 2. The number of ketones is 1. The molecule has 3 aromatic heterocycles. The van der Waals surface area contributed by atoms with Gasteiger partial charge in [0.1, 0.15) is 23.1 Å². The molecular weight excluding hydrogens is 573 g/mol. The summed E-state index contributed by atoms with van der Waals surface area (Å²) in [5.74, 6) is -2.98. The van der Waals surface area contributed by atoms with Gasteiger partial charge in [-0.1, -0.05) is 23.7 Å². The van der Waals surface area contributed by atoms with Crippen molar-refractivity contribution in [2.45, 2.75) is 0 Å². The number of imidazole rings is 1. The number of hydrogen-bond acceptors (Lipinski definition) is 4. The second-order valence-corrected chi connectivity index (χ2v) is 9.73. The molecule has 0 aliphatic rings. The van der Waals surface area contributed by atoms with E-state index in [0.717, 1.165) is 29.5 Å². The normalized spacial score (nSPS) is 11.4. The molecule has 2 aromatic carbocycles. The molecule has 11 heteroatoms. The highest BCUT2D eigenvalue weighted by atomic mass is 35.5. The Hall–Kier alpha value is -4.47. The minimum Gasteiger partial charge on any atom is -0.496 e. The van der Waals surface area contributed by atoms with E-state index in [4.69, 9.17) is 27.9 Å². The molecule has 1 amide bonds. The Morgan fingerprint density at radius 3 is 2.54 bits per heavy atom. The van der Waals surface area contributed by atoms with Crippen LogP contribution in [0.4, 0.5) is 14.5 Å². The maximum atomic E-state index is 14.8. The van der Waals surface area contributed by atoms with Gasteiger partial charge in [0.05, 0.1) is 41.6 Å². The fraction of sp³-hybridized carbons (Fsp3) is 0.100. The maximum Gasteiger partial charge on any atom is 0.248 e. The molecule has 0 bridgehead atoms. The second kappa shape index (κ2) is 11.6. The number of halogens is 4. The largest absolute Gasteiger partial charge is 0.496 e. The van der Waals surface area contributed by atoms with Crippen molar-refractivity contribution in [1.29, 1.82) is 0 Å². The summed E-state index contributed by atoms with van der Waals surface area (Å²) in [4.78, 5) is 29.4. The van der Waals surface area contributed by atoms with Gasteiger partial charge in [0.15, 0.2) is 0 Å². The summed E-state index contributed by atoms with van der Waals surface area (Å²) >= 11 is 12.3. The van der Waals surface area contributed by atoms with E-state index in [1.54, 1.807) is 48.4 Å². The highest BCUT2D eigenvalue weighted by Gasteiger charge is 2.22. The number of alkyl halides is 1. The topological polar surface area (TPSA) is 77.6 Å². The third kappa shape index (κ3) is 5.33. The van der Waals surface area contributed by atoms with Crippen LogP contribution in [-0.4, -0.2) is 38.6 Å². The number of hydrogen-bond donors (Lipinski definition) is 1. The number of methoxy groups -OCH3 is 1. The van der Waals surface area contributed by atoms with Crippen LogP contribution >= 0.6 is 23.2 Å². The predicted molar refractivity (Wildman–Crippen MR) is 155 cm³/mol. The summed E-state index contributed by atoms with van der Waals surface area (Å²) in [6.45, 7) is 0. The van der Waals surface area contributed by atoms with Gasteiger partial charge in [-0.2, -0.15) is 0 Å². The van der Waals surface area contributed by atoms with Crippen LogP contribution in [0, 0.1) is 11.6 Å². The third-order valence-electron chi connectivity index (χ3n) is 6.49. The number of aromatic nitrogens is 3. The molecule has 0 saturated heterocycles. The molecule has 208 valence electrons. The first-order valence-corrected chi connectivity index (χ1v) is 13.2. The predicted octanol–water partition coefficient (Wildman–Crippen LogP) is 6.91. The quantitative estimate of drug-likeness (QED) is 0.120. The minimum atomic E-state index is -1.09. The van der Waals surface area contributed by atoms with E-state index in [0.29, 0.717) is 27.4 Å². The fourth-order valence-electron chi connectivity index (χ4n) is 4.61. The van der Waals surface area contributed by atoms with Crippen LogP contribution in [0.2, 0.25) is 5.02 Å². The summed E-state index contributed by atoms with van der Waals surface area (Å²) in [5, 5.41) is 2.54. The summed E-state index contributed by atoms with van der Waals surface area (Å²) in [5.41, 5.74) is 2.87. The number of allylic oxidation sites excluding steroid dienone is 1. The van der Waals surface area contributed by atoms with Gasteiger partial charge in [-0.25, -0.2) is 13.8 Å². The third-order valence-corrected chi connectivity index (χ3v) is 6.97. The Balaban J connectivity index is 1.54. The van der Waals surface area contributed by atoms with E-state index in [9.17, 15) is 18.4 Å². The number of amides is 1. The van der Waals surface area contributed by atoms with Crippen LogP contribution in [0.5, 0.6) is 5.75 Å². The molecule has 0 spiro atoms. The number of fused-ring (bicyclic) bond motifs is 1. The van der Waals surface area contributed by atoms with Gasteiger partial charge in [0.2, 0.25) is 11.7 Å².